The number of rotatable bonds is 3. The second-order valence-electron chi connectivity index (χ2n) is 2.33. The first kappa shape index (κ1) is 9.08. The molecule has 0 aliphatic carbocycles. The van der Waals surface area contributed by atoms with Gasteiger partial charge in [0.1, 0.15) is 6.29 Å². The Balaban J connectivity index is 4.33. The summed E-state index contributed by atoms with van der Waals surface area (Å²) in [4.78, 5) is 20.7. The second-order valence-corrected chi connectivity index (χ2v) is 2.33. The van der Waals surface area contributed by atoms with E-state index in [4.69, 9.17) is 0 Å². The SMILES string of the molecule is CC(=O)C(C)=C(C)CC=O. The lowest BCUT2D eigenvalue weighted by atomic mass is 10.1. The third-order valence-electron chi connectivity index (χ3n) is 1.56. The molecular weight excluding hydrogens is 128 g/mol. The van der Waals surface area contributed by atoms with Crippen molar-refractivity contribution >= 4 is 12.1 Å². The van der Waals surface area contributed by atoms with Gasteiger partial charge in [-0.15, -0.1) is 0 Å². The monoisotopic (exact) mass is 140 g/mol. The van der Waals surface area contributed by atoms with Gasteiger partial charge in [0, 0.05) is 6.42 Å². The van der Waals surface area contributed by atoms with Crippen LogP contribution in [0.25, 0.3) is 0 Å². The van der Waals surface area contributed by atoms with Gasteiger partial charge < -0.3 is 4.79 Å². The van der Waals surface area contributed by atoms with Crippen LogP contribution >= 0.6 is 0 Å². The Morgan fingerprint density at radius 3 is 2.10 bits per heavy atom. The maximum absolute atomic E-state index is 10.7. The highest BCUT2D eigenvalue weighted by molar-refractivity contribution is 5.93. The van der Waals surface area contributed by atoms with Crippen molar-refractivity contribution in [2.45, 2.75) is 27.2 Å². The molecule has 0 saturated heterocycles. The van der Waals surface area contributed by atoms with Gasteiger partial charge >= 0.3 is 0 Å². The molecule has 0 aliphatic heterocycles. The van der Waals surface area contributed by atoms with E-state index in [-0.39, 0.29) is 5.78 Å². The Hall–Kier alpha value is -0.920. The Kier molecular flexibility index (Phi) is 3.62. The van der Waals surface area contributed by atoms with Crippen molar-refractivity contribution in [1.29, 1.82) is 0 Å². The maximum atomic E-state index is 10.7. The van der Waals surface area contributed by atoms with Gasteiger partial charge in [0.05, 0.1) is 0 Å². The Morgan fingerprint density at radius 2 is 1.80 bits per heavy atom. The van der Waals surface area contributed by atoms with Gasteiger partial charge in [-0.1, -0.05) is 5.57 Å². The zero-order valence-corrected chi connectivity index (χ0v) is 6.60. The molecule has 0 N–H and O–H groups in total. The van der Waals surface area contributed by atoms with E-state index in [9.17, 15) is 9.59 Å². The first-order chi connectivity index (χ1) is 4.59. The summed E-state index contributed by atoms with van der Waals surface area (Å²) < 4.78 is 0. The second kappa shape index (κ2) is 3.99. The fourth-order valence-corrected chi connectivity index (χ4v) is 0.579. The summed E-state index contributed by atoms with van der Waals surface area (Å²) >= 11 is 0. The van der Waals surface area contributed by atoms with E-state index in [0.717, 1.165) is 11.9 Å². The lowest BCUT2D eigenvalue weighted by molar-refractivity contribution is -0.113. The average Bonchev–Trinajstić information content (AvgIpc) is 1.87. The minimum Gasteiger partial charge on any atom is -0.303 e. The van der Waals surface area contributed by atoms with E-state index in [1.54, 1.807) is 13.8 Å². The zero-order chi connectivity index (χ0) is 8.15. The van der Waals surface area contributed by atoms with Crippen molar-refractivity contribution in [1.82, 2.24) is 0 Å². The first-order valence-electron chi connectivity index (χ1n) is 3.20. The van der Waals surface area contributed by atoms with Crippen molar-refractivity contribution in [3.05, 3.63) is 11.1 Å². The van der Waals surface area contributed by atoms with E-state index in [1.165, 1.54) is 6.92 Å². The summed E-state index contributed by atoms with van der Waals surface area (Å²) in [6, 6.07) is 0. The number of hydrogen-bond donors (Lipinski definition) is 0. The van der Waals surface area contributed by atoms with Gasteiger partial charge in [-0.05, 0) is 26.3 Å². The van der Waals surface area contributed by atoms with Crippen LogP contribution in [0, 0.1) is 0 Å². The number of Topliss-reactive ketones (excluding diaryl/α,β-unsaturated/α-hetero) is 1. The number of hydrogen-bond acceptors (Lipinski definition) is 2. The lowest BCUT2D eigenvalue weighted by Crippen LogP contribution is -1.95. The van der Waals surface area contributed by atoms with Gasteiger partial charge in [0.25, 0.3) is 0 Å². The molecule has 0 heterocycles. The average molecular weight is 140 g/mol. The topological polar surface area (TPSA) is 34.1 Å². The summed E-state index contributed by atoms with van der Waals surface area (Å²) in [6.07, 6.45) is 1.17. The number of carbonyl (C=O) groups is 2. The Bertz CT molecular complexity index is 178. The van der Waals surface area contributed by atoms with Crippen LogP contribution in [-0.2, 0) is 9.59 Å². The van der Waals surface area contributed by atoms with E-state index >= 15 is 0 Å². The molecule has 0 rings (SSSR count). The predicted molar refractivity (Wildman–Crippen MR) is 39.7 cm³/mol. The first-order valence-corrected chi connectivity index (χ1v) is 3.20. The van der Waals surface area contributed by atoms with Crippen LogP contribution in [0.5, 0.6) is 0 Å². The molecule has 0 amide bonds. The molecule has 56 valence electrons. The molecule has 0 aliphatic rings. The van der Waals surface area contributed by atoms with Gasteiger partial charge in [-0.2, -0.15) is 0 Å². The molecule has 2 nitrogen and oxygen atoms in total. The molecule has 0 saturated carbocycles. The largest absolute Gasteiger partial charge is 0.303 e. The molecular formula is C8H12O2. The normalized spacial score (nSPS) is 12.3. The fourth-order valence-electron chi connectivity index (χ4n) is 0.579. The number of ketones is 1. The van der Waals surface area contributed by atoms with Crippen LogP contribution < -0.4 is 0 Å². The van der Waals surface area contributed by atoms with Crippen molar-refractivity contribution in [2.75, 3.05) is 0 Å². The fraction of sp³-hybridized carbons (Fsp3) is 0.500. The summed E-state index contributed by atoms with van der Waals surface area (Å²) in [6.45, 7) is 5.04. The summed E-state index contributed by atoms with van der Waals surface area (Å²) in [5.74, 6) is 0.0411. The quantitative estimate of drug-likeness (QED) is 0.439. The van der Waals surface area contributed by atoms with E-state index in [0.29, 0.717) is 12.0 Å². The third kappa shape index (κ3) is 2.58. The molecule has 0 fully saturated rings. The van der Waals surface area contributed by atoms with Crippen LogP contribution in [0.4, 0.5) is 0 Å². The molecule has 0 spiro atoms. The molecule has 10 heavy (non-hydrogen) atoms. The smallest absolute Gasteiger partial charge is 0.155 e. The molecule has 0 unspecified atom stereocenters. The van der Waals surface area contributed by atoms with Crippen LogP contribution in [-0.4, -0.2) is 12.1 Å². The van der Waals surface area contributed by atoms with Crippen molar-refractivity contribution < 1.29 is 9.59 Å². The summed E-state index contributed by atoms with van der Waals surface area (Å²) in [7, 11) is 0. The molecule has 0 radical (unpaired) electrons. The maximum Gasteiger partial charge on any atom is 0.155 e. The Morgan fingerprint density at radius 1 is 1.30 bits per heavy atom. The van der Waals surface area contributed by atoms with Crippen LogP contribution in [0.1, 0.15) is 27.2 Å². The van der Waals surface area contributed by atoms with Crippen LogP contribution in [0.15, 0.2) is 11.1 Å². The standard InChI is InChI=1S/C8H12O2/c1-6(4-5-9)7(2)8(3)10/h5H,4H2,1-3H3. The van der Waals surface area contributed by atoms with Crippen LogP contribution in [0.3, 0.4) is 0 Å². The molecule has 0 aromatic heterocycles. The molecule has 2 heteroatoms. The summed E-state index contributed by atoms with van der Waals surface area (Å²) in [5.41, 5.74) is 1.56. The van der Waals surface area contributed by atoms with E-state index in [2.05, 4.69) is 0 Å². The van der Waals surface area contributed by atoms with E-state index in [1.807, 2.05) is 0 Å². The van der Waals surface area contributed by atoms with E-state index < -0.39 is 0 Å². The molecule has 0 atom stereocenters. The van der Waals surface area contributed by atoms with Crippen molar-refractivity contribution in [3.63, 3.8) is 0 Å². The van der Waals surface area contributed by atoms with Gasteiger partial charge in [-0.3, -0.25) is 4.79 Å². The highest BCUT2D eigenvalue weighted by Gasteiger charge is 2.00. The third-order valence-corrected chi connectivity index (χ3v) is 1.56. The number of carbonyl (C=O) groups excluding carboxylic acids is 2. The molecule has 0 aromatic rings. The van der Waals surface area contributed by atoms with Gasteiger partial charge in [0.2, 0.25) is 0 Å². The molecule has 0 bridgehead atoms. The predicted octanol–water partition coefficient (Wildman–Crippen LogP) is 1.50. The van der Waals surface area contributed by atoms with Crippen molar-refractivity contribution in [2.24, 2.45) is 0 Å². The van der Waals surface area contributed by atoms with Crippen LogP contribution in [0.2, 0.25) is 0 Å². The molecule has 0 aromatic carbocycles. The zero-order valence-electron chi connectivity index (χ0n) is 6.60. The van der Waals surface area contributed by atoms with Gasteiger partial charge in [0.15, 0.2) is 5.78 Å². The summed E-state index contributed by atoms with van der Waals surface area (Å²) in [5, 5.41) is 0. The highest BCUT2D eigenvalue weighted by Crippen LogP contribution is 2.06. The van der Waals surface area contributed by atoms with Gasteiger partial charge in [-0.25, -0.2) is 0 Å². The number of aldehydes is 1. The lowest BCUT2D eigenvalue weighted by Gasteiger charge is -1.98. The minimum atomic E-state index is 0.0411. The minimum absolute atomic E-state index is 0.0411. The highest BCUT2D eigenvalue weighted by atomic mass is 16.1. The Labute approximate surface area is 60.9 Å². The van der Waals surface area contributed by atoms with Crippen molar-refractivity contribution in [3.8, 4) is 0 Å². The number of allylic oxidation sites excluding steroid dienone is 2.